The number of nitrogens with one attached hydrogen (secondary N) is 2. The first-order chi connectivity index (χ1) is 26.7. The van der Waals surface area contributed by atoms with E-state index in [1.54, 1.807) is 36.4 Å². The van der Waals surface area contributed by atoms with E-state index in [0.29, 0.717) is 53.0 Å². The molecule has 1 aliphatic heterocycles. The van der Waals surface area contributed by atoms with E-state index in [-0.39, 0.29) is 23.8 Å². The molecular weight excluding hydrogens is 695 g/mol. The number of phenols is 1. The number of esters is 1. The summed E-state index contributed by atoms with van der Waals surface area (Å²) in [6.07, 6.45) is 4.34. The Labute approximate surface area is 322 Å². The van der Waals surface area contributed by atoms with E-state index in [4.69, 9.17) is 9.47 Å². The first-order valence-corrected chi connectivity index (χ1v) is 19.5. The molecule has 1 aliphatic rings. The number of likely N-dealkylation sites (tertiary alicyclic amines) is 1. The SMILES string of the molecule is CCc1cccc(C(O)(C(=O)OCC2CCN(Cc3ccccc3)CC2)c2cccc(OCCCCCNCC(O)c3ccc(O)c4[nH]c(=O)ccc34)c2)c1. The number of aryl methyl sites for hydroxylation is 1. The molecule has 10 heteroatoms. The number of aromatic hydroxyl groups is 1. The van der Waals surface area contributed by atoms with Crippen LogP contribution in [0.15, 0.2) is 108 Å². The minimum absolute atomic E-state index is 0.0395. The van der Waals surface area contributed by atoms with E-state index >= 15 is 0 Å². The Bertz CT molecular complexity index is 2060. The number of carbonyl (C=O) groups is 1. The quantitative estimate of drug-likeness (QED) is 0.0511. The molecule has 6 rings (SSSR count). The number of aliphatic hydroxyl groups is 2. The maximum absolute atomic E-state index is 13.9. The number of phenolic OH excluding ortho intramolecular Hbond substituents is 1. The third kappa shape index (κ3) is 10.2. The van der Waals surface area contributed by atoms with Gasteiger partial charge in [0.2, 0.25) is 11.2 Å². The van der Waals surface area contributed by atoms with Crippen LogP contribution >= 0.6 is 0 Å². The molecule has 0 aliphatic carbocycles. The highest BCUT2D eigenvalue weighted by Crippen LogP contribution is 2.35. The zero-order chi connectivity index (χ0) is 38.6. The third-order valence-electron chi connectivity index (χ3n) is 10.6. The second-order valence-electron chi connectivity index (χ2n) is 14.5. The largest absolute Gasteiger partial charge is 0.506 e. The second-order valence-corrected chi connectivity index (χ2v) is 14.5. The molecule has 5 aromatic rings. The number of pyridine rings is 1. The summed E-state index contributed by atoms with van der Waals surface area (Å²) in [5, 5.41) is 37.1. The Morgan fingerprint density at radius 1 is 0.909 bits per heavy atom. The molecule has 1 aromatic heterocycles. The van der Waals surface area contributed by atoms with Crippen molar-refractivity contribution in [3.05, 3.63) is 141 Å². The van der Waals surface area contributed by atoms with Gasteiger partial charge >= 0.3 is 5.97 Å². The van der Waals surface area contributed by atoms with Crippen LogP contribution in [0.25, 0.3) is 10.9 Å². The van der Waals surface area contributed by atoms with Crippen LogP contribution in [-0.2, 0) is 28.1 Å². The highest BCUT2D eigenvalue weighted by molar-refractivity contribution is 5.87. The first kappa shape index (κ1) is 39.7. The smallest absolute Gasteiger partial charge is 0.347 e. The summed E-state index contributed by atoms with van der Waals surface area (Å²) in [7, 11) is 0. The van der Waals surface area contributed by atoms with Crippen molar-refractivity contribution in [3.63, 3.8) is 0 Å². The molecule has 1 fully saturated rings. The number of hydrogen-bond donors (Lipinski definition) is 5. The van der Waals surface area contributed by atoms with Gasteiger partial charge < -0.3 is 35.1 Å². The summed E-state index contributed by atoms with van der Waals surface area (Å²) in [5.74, 6) is 0.0627. The van der Waals surface area contributed by atoms with E-state index in [1.807, 2.05) is 37.3 Å². The molecule has 0 radical (unpaired) electrons. The highest BCUT2D eigenvalue weighted by atomic mass is 16.5. The van der Waals surface area contributed by atoms with E-state index < -0.39 is 17.7 Å². The Morgan fingerprint density at radius 2 is 1.65 bits per heavy atom. The minimum atomic E-state index is -2.00. The Hall–Kier alpha value is -5.00. The third-order valence-corrected chi connectivity index (χ3v) is 10.6. The number of aromatic nitrogens is 1. The van der Waals surface area contributed by atoms with Crippen molar-refractivity contribution >= 4 is 16.9 Å². The summed E-state index contributed by atoms with van der Waals surface area (Å²) < 4.78 is 12.0. The van der Waals surface area contributed by atoms with Gasteiger partial charge in [0, 0.05) is 30.1 Å². The molecule has 4 aromatic carbocycles. The number of aromatic amines is 1. The van der Waals surface area contributed by atoms with E-state index in [0.717, 1.165) is 63.7 Å². The minimum Gasteiger partial charge on any atom is -0.506 e. The number of aliphatic hydroxyl groups excluding tert-OH is 1. The van der Waals surface area contributed by atoms with Crippen LogP contribution in [0, 0.1) is 5.92 Å². The van der Waals surface area contributed by atoms with Crippen LogP contribution in [0.3, 0.4) is 0 Å². The van der Waals surface area contributed by atoms with Crippen LogP contribution in [-0.4, -0.2) is 70.6 Å². The summed E-state index contributed by atoms with van der Waals surface area (Å²) in [6, 6.07) is 31.2. The van der Waals surface area contributed by atoms with Crippen LogP contribution < -0.4 is 15.6 Å². The Morgan fingerprint density at radius 3 is 2.44 bits per heavy atom. The second kappa shape index (κ2) is 19.0. The van der Waals surface area contributed by atoms with Gasteiger partial charge in [-0.25, -0.2) is 4.79 Å². The summed E-state index contributed by atoms with van der Waals surface area (Å²) in [4.78, 5) is 30.7. The summed E-state index contributed by atoms with van der Waals surface area (Å²) in [5.41, 5.74) is 1.79. The topological polar surface area (TPSA) is 144 Å². The normalized spacial score (nSPS) is 15.4. The predicted molar refractivity (Wildman–Crippen MR) is 214 cm³/mol. The lowest BCUT2D eigenvalue weighted by Crippen LogP contribution is -2.40. The lowest BCUT2D eigenvalue weighted by Gasteiger charge is -2.33. The number of benzene rings is 4. The van der Waals surface area contributed by atoms with Gasteiger partial charge in [0.1, 0.15) is 11.5 Å². The average Bonchev–Trinajstić information content (AvgIpc) is 3.21. The lowest BCUT2D eigenvalue weighted by atomic mass is 9.85. The number of carbonyl (C=O) groups excluding carboxylic acids is 1. The molecule has 0 bridgehead atoms. The fraction of sp³-hybridized carbons (Fsp3) is 0.378. The van der Waals surface area contributed by atoms with Gasteiger partial charge in [0.05, 0.1) is 24.8 Å². The molecule has 0 spiro atoms. The van der Waals surface area contributed by atoms with Gasteiger partial charge in [-0.1, -0.05) is 79.7 Å². The highest BCUT2D eigenvalue weighted by Gasteiger charge is 2.42. The fourth-order valence-corrected chi connectivity index (χ4v) is 7.30. The molecule has 55 heavy (non-hydrogen) atoms. The molecule has 0 saturated carbocycles. The number of nitrogens with zero attached hydrogens (tertiary/aromatic N) is 1. The number of rotatable bonds is 18. The number of hydrogen-bond acceptors (Lipinski definition) is 9. The number of fused-ring (bicyclic) bond motifs is 1. The Kier molecular flexibility index (Phi) is 13.7. The van der Waals surface area contributed by atoms with Crippen molar-refractivity contribution in [2.24, 2.45) is 5.92 Å². The van der Waals surface area contributed by atoms with Crippen molar-refractivity contribution in [1.82, 2.24) is 15.2 Å². The lowest BCUT2D eigenvalue weighted by molar-refractivity contribution is -0.164. The standard InChI is InChI=1S/C45H53N3O7/c1-2-32-13-9-14-35(27-32)45(53,44(52)55-31-34-21-24-48(25-22-34)30-33-11-5-3-6-12-33)36-15-10-16-37(28-36)54-26-8-4-7-23-46-29-41(50)38-17-19-40(49)43-39(38)18-20-42(51)47-43/h3,5-6,9-20,27-28,34,41,46,49-50,53H,2,4,7-8,21-26,29-31H2,1H3,(H,47,51). The Balaban J connectivity index is 0.990. The van der Waals surface area contributed by atoms with E-state index in [9.17, 15) is 24.9 Å². The van der Waals surface area contributed by atoms with Crippen molar-refractivity contribution in [3.8, 4) is 11.5 Å². The molecule has 1 saturated heterocycles. The van der Waals surface area contributed by atoms with Crippen molar-refractivity contribution < 1.29 is 29.6 Å². The van der Waals surface area contributed by atoms with Gasteiger partial charge in [-0.3, -0.25) is 9.69 Å². The fourth-order valence-electron chi connectivity index (χ4n) is 7.30. The molecule has 2 atom stereocenters. The van der Waals surface area contributed by atoms with E-state index in [1.165, 1.54) is 17.7 Å². The number of piperidine rings is 1. The van der Waals surface area contributed by atoms with Gasteiger partial charge in [-0.05, 0) is 111 Å². The van der Waals surface area contributed by atoms with Crippen LogP contribution in [0.1, 0.15) is 72.9 Å². The molecule has 2 unspecified atom stereocenters. The summed E-state index contributed by atoms with van der Waals surface area (Å²) in [6.45, 7) is 6.55. The molecule has 0 amide bonds. The van der Waals surface area contributed by atoms with E-state index in [2.05, 4.69) is 39.5 Å². The van der Waals surface area contributed by atoms with Gasteiger partial charge in [-0.15, -0.1) is 0 Å². The monoisotopic (exact) mass is 747 g/mol. The van der Waals surface area contributed by atoms with Gasteiger partial charge in [-0.2, -0.15) is 0 Å². The maximum atomic E-state index is 13.9. The van der Waals surface area contributed by atoms with Crippen LogP contribution in [0.4, 0.5) is 0 Å². The van der Waals surface area contributed by atoms with Crippen molar-refractivity contribution in [2.75, 3.05) is 39.4 Å². The molecule has 290 valence electrons. The van der Waals surface area contributed by atoms with Crippen LogP contribution in [0.2, 0.25) is 0 Å². The van der Waals surface area contributed by atoms with Gasteiger partial charge in [0.25, 0.3) is 0 Å². The number of ether oxygens (including phenoxy) is 2. The summed E-state index contributed by atoms with van der Waals surface area (Å²) >= 11 is 0. The first-order valence-electron chi connectivity index (χ1n) is 19.5. The molecule has 10 nitrogen and oxygen atoms in total. The van der Waals surface area contributed by atoms with Crippen molar-refractivity contribution in [2.45, 2.75) is 63.7 Å². The maximum Gasteiger partial charge on any atom is 0.347 e. The molecule has 2 heterocycles. The zero-order valence-electron chi connectivity index (χ0n) is 31.6. The predicted octanol–water partition coefficient (Wildman–Crippen LogP) is 6.36. The number of unbranched alkanes of at least 4 members (excludes halogenated alkanes) is 2. The molecule has 5 N–H and O–H groups in total. The zero-order valence-corrected chi connectivity index (χ0v) is 31.6. The van der Waals surface area contributed by atoms with Crippen molar-refractivity contribution in [1.29, 1.82) is 0 Å². The van der Waals surface area contributed by atoms with Crippen LogP contribution in [0.5, 0.6) is 11.5 Å². The number of H-pyrrole nitrogens is 1. The molecular formula is C45H53N3O7. The average molecular weight is 748 g/mol. The van der Waals surface area contributed by atoms with Gasteiger partial charge in [0.15, 0.2) is 0 Å².